The van der Waals surface area contributed by atoms with Crippen LogP contribution in [0.3, 0.4) is 0 Å². The number of urea groups is 1. The average Bonchev–Trinajstić information content (AvgIpc) is 3.44. The number of nitrogens with one attached hydrogen (secondary N) is 4. The van der Waals surface area contributed by atoms with E-state index in [0.717, 1.165) is 60.4 Å². The van der Waals surface area contributed by atoms with Gasteiger partial charge in [-0.2, -0.15) is 0 Å². The molecule has 8 nitrogen and oxygen atoms in total. The van der Waals surface area contributed by atoms with Crippen LogP contribution in [0.1, 0.15) is 29.5 Å². The number of carbonyl (C=O) groups excluding carboxylic acids is 2. The molecule has 4 N–H and O–H groups in total. The fraction of sp³-hybridized carbons (Fsp3) is 0.312. The molecule has 4 aromatic rings. The topological polar surface area (TPSA) is 92.5 Å². The predicted molar refractivity (Wildman–Crippen MR) is 160 cm³/mol. The molecule has 40 heavy (non-hydrogen) atoms. The van der Waals surface area contributed by atoms with E-state index in [-0.39, 0.29) is 17.9 Å². The highest BCUT2D eigenvalue weighted by molar-refractivity contribution is 5.98. The molecule has 3 amide bonds. The van der Waals surface area contributed by atoms with Crippen molar-refractivity contribution in [3.8, 4) is 0 Å². The van der Waals surface area contributed by atoms with Crippen molar-refractivity contribution in [1.82, 2.24) is 20.5 Å². The number of aromatic amines is 1. The summed E-state index contributed by atoms with van der Waals surface area (Å²) in [6, 6.07) is 23.4. The smallest absolute Gasteiger partial charge is 0.318 e. The number of rotatable bonds is 6. The summed E-state index contributed by atoms with van der Waals surface area (Å²) < 4.78 is 0. The van der Waals surface area contributed by atoms with Crippen LogP contribution in [-0.2, 0) is 17.8 Å². The molecular formula is C32H36N6O2. The van der Waals surface area contributed by atoms with Crippen molar-refractivity contribution in [1.29, 1.82) is 0 Å². The SMILES string of the molecule is C[C@H](c1c[nH]c2ccccc12)[C@@H](NC(=O)N1CCN(c2ccccc2)CC1)C(=O)Nc1ccc2c(c1)CNCC2. The second-order valence-electron chi connectivity index (χ2n) is 10.7. The molecule has 6 rings (SSSR count). The van der Waals surface area contributed by atoms with E-state index in [0.29, 0.717) is 13.1 Å². The molecule has 1 aromatic heterocycles. The number of hydrogen-bond acceptors (Lipinski definition) is 4. The Morgan fingerprint density at radius 1 is 0.900 bits per heavy atom. The van der Waals surface area contributed by atoms with Crippen LogP contribution in [0, 0.1) is 0 Å². The molecule has 206 valence electrons. The molecule has 3 heterocycles. The number of fused-ring (bicyclic) bond motifs is 2. The Labute approximate surface area is 234 Å². The van der Waals surface area contributed by atoms with E-state index in [1.807, 2.05) is 72.6 Å². The largest absolute Gasteiger partial charge is 0.368 e. The Kier molecular flexibility index (Phi) is 7.42. The van der Waals surface area contributed by atoms with Crippen LogP contribution in [-0.4, -0.2) is 60.6 Å². The summed E-state index contributed by atoms with van der Waals surface area (Å²) in [5.74, 6) is -0.484. The normalized spacial score (nSPS) is 16.7. The Morgan fingerprint density at radius 2 is 1.68 bits per heavy atom. The molecule has 0 spiro atoms. The lowest BCUT2D eigenvalue weighted by Crippen LogP contribution is -2.56. The fourth-order valence-corrected chi connectivity index (χ4v) is 5.88. The fourth-order valence-electron chi connectivity index (χ4n) is 5.88. The Bertz CT molecular complexity index is 1490. The van der Waals surface area contributed by atoms with Crippen LogP contribution in [0.15, 0.2) is 79.0 Å². The molecule has 0 radical (unpaired) electrons. The number of nitrogens with zero attached hydrogens (tertiary/aromatic N) is 2. The maximum Gasteiger partial charge on any atom is 0.318 e. The molecule has 0 unspecified atom stereocenters. The highest BCUT2D eigenvalue weighted by Gasteiger charge is 2.32. The number of benzene rings is 3. The molecule has 0 aliphatic carbocycles. The third-order valence-electron chi connectivity index (χ3n) is 8.22. The van der Waals surface area contributed by atoms with E-state index in [2.05, 4.69) is 44.0 Å². The van der Waals surface area contributed by atoms with Gasteiger partial charge in [0.15, 0.2) is 0 Å². The van der Waals surface area contributed by atoms with E-state index < -0.39 is 6.04 Å². The summed E-state index contributed by atoms with van der Waals surface area (Å²) in [4.78, 5) is 34.8. The van der Waals surface area contributed by atoms with Gasteiger partial charge in [-0.05, 0) is 60.0 Å². The van der Waals surface area contributed by atoms with Gasteiger partial charge in [0, 0.05) is 67.1 Å². The van der Waals surface area contributed by atoms with E-state index in [4.69, 9.17) is 0 Å². The average molecular weight is 537 g/mol. The quantitative estimate of drug-likeness (QED) is 0.293. The van der Waals surface area contributed by atoms with Crippen LogP contribution in [0.2, 0.25) is 0 Å². The van der Waals surface area contributed by atoms with Crippen molar-refractivity contribution in [2.75, 3.05) is 42.9 Å². The molecule has 3 aromatic carbocycles. The lowest BCUT2D eigenvalue weighted by molar-refractivity contribution is -0.118. The zero-order chi connectivity index (χ0) is 27.5. The molecule has 1 fully saturated rings. The van der Waals surface area contributed by atoms with Crippen molar-refractivity contribution in [3.05, 3.63) is 95.7 Å². The molecule has 1 saturated heterocycles. The minimum Gasteiger partial charge on any atom is -0.368 e. The molecule has 0 saturated carbocycles. The van der Waals surface area contributed by atoms with Crippen molar-refractivity contribution in [2.24, 2.45) is 0 Å². The number of carbonyl (C=O) groups is 2. The van der Waals surface area contributed by atoms with Crippen LogP contribution >= 0.6 is 0 Å². The van der Waals surface area contributed by atoms with Gasteiger partial charge in [0.05, 0.1) is 0 Å². The van der Waals surface area contributed by atoms with E-state index in [9.17, 15) is 9.59 Å². The third kappa shape index (κ3) is 5.40. The van der Waals surface area contributed by atoms with Crippen molar-refractivity contribution in [2.45, 2.75) is 31.8 Å². The van der Waals surface area contributed by atoms with Gasteiger partial charge in [0.2, 0.25) is 5.91 Å². The Balaban J connectivity index is 1.20. The van der Waals surface area contributed by atoms with Gasteiger partial charge in [-0.25, -0.2) is 4.79 Å². The lowest BCUT2D eigenvalue weighted by atomic mass is 9.92. The number of para-hydroxylation sites is 2. The van der Waals surface area contributed by atoms with E-state index in [1.165, 1.54) is 11.1 Å². The van der Waals surface area contributed by atoms with Gasteiger partial charge in [-0.15, -0.1) is 0 Å². The number of H-pyrrole nitrogens is 1. The number of aromatic nitrogens is 1. The van der Waals surface area contributed by atoms with Crippen LogP contribution in [0.4, 0.5) is 16.2 Å². The number of amides is 3. The van der Waals surface area contributed by atoms with Gasteiger partial charge in [-0.1, -0.05) is 49.4 Å². The molecule has 2 aliphatic heterocycles. The minimum atomic E-state index is -0.756. The van der Waals surface area contributed by atoms with Gasteiger partial charge in [-0.3, -0.25) is 4.79 Å². The Morgan fingerprint density at radius 3 is 2.50 bits per heavy atom. The lowest BCUT2D eigenvalue weighted by Gasteiger charge is -2.37. The second kappa shape index (κ2) is 11.4. The highest BCUT2D eigenvalue weighted by Crippen LogP contribution is 2.29. The summed E-state index contributed by atoms with van der Waals surface area (Å²) >= 11 is 0. The molecular weight excluding hydrogens is 500 g/mol. The summed E-state index contributed by atoms with van der Waals surface area (Å²) in [6.07, 6.45) is 2.93. The Hall–Kier alpha value is -4.30. The maximum atomic E-state index is 13.8. The van der Waals surface area contributed by atoms with E-state index in [1.54, 1.807) is 0 Å². The zero-order valence-electron chi connectivity index (χ0n) is 22.8. The van der Waals surface area contributed by atoms with Crippen molar-refractivity contribution in [3.63, 3.8) is 0 Å². The zero-order valence-corrected chi connectivity index (χ0v) is 22.8. The van der Waals surface area contributed by atoms with Crippen LogP contribution < -0.4 is 20.9 Å². The van der Waals surface area contributed by atoms with E-state index >= 15 is 0 Å². The van der Waals surface area contributed by atoms with Gasteiger partial charge < -0.3 is 30.7 Å². The van der Waals surface area contributed by atoms with Crippen molar-refractivity contribution >= 4 is 34.2 Å². The first-order valence-electron chi connectivity index (χ1n) is 14.1. The number of anilines is 2. The molecule has 8 heteroatoms. The third-order valence-corrected chi connectivity index (χ3v) is 8.22. The minimum absolute atomic E-state index is 0.214. The monoisotopic (exact) mass is 536 g/mol. The van der Waals surface area contributed by atoms with Gasteiger partial charge in [0.25, 0.3) is 0 Å². The number of hydrogen-bond donors (Lipinski definition) is 4. The first-order valence-corrected chi connectivity index (χ1v) is 14.1. The molecule has 2 aliphatic rings. The van der Waals surface area contributed by atoms with Crippen LogP contribution in [0.5, 0.6) is 0 Å². The van der Waals surface area contributed by atoms with Gasteiger partial charge >= 0.3 is 6.03 Å². The summed E-state index contributed by atoms with van der Waals surface area (Å²) in [5.41, 5.74) is 6.42. The summed E-state index contributed by atoms with van der Waals surface area (Å²) in [5, 5.41) is 10.7. The first kappa shape index (κ1) is 26.0. The first-order chi connectivity index (χ1) is 19.6. The number of piperazine rings is 1. The molecule has 0 bridgehead atoms. The van der Waals surface area contributed by atoms with Crippen LogP contribution in [0.25, 0.3) is 10.9 Å². The second-order valence-corrected chi connectivity index (χ2v) is 10.7. The van der Waals surface area contributed by atoms with Crippen molar-refractivity contribution < 1.29 is 9.59 Å². The maximum absolute atomic E-state index is 13.8. The summed E-state index contributed by atoms with van der Waals surface area (Å²) in [7, 11) is 0. The van der Waals surface area contributed by atoms with Gasteiger partial charge in [0.1, 0.15) is 6.04 Å². The molecule has 2 atom stereocenters. The summed E-state index contributed by atoms with van der Waals surface area (Å²) in [6.45, 7) is 6.44. The predicted octanol–water partition coefficient (Wildman–Crippen LogP) is 4.46. The highest BCUT2D eigenvalue weighted by atomic mass is 16.2. The standard InChI is InChI=1S/C32H36N6O2/c1-22(28-21-34-29-10-6-5-9-27(28)29)30(31(39)35-25-12-11-23-13-14-33-20-24(23)19-25)36-32(40)38-17-15-37(16-18-38)26-7-3-2-4-8-26/h2-12,19,21-22,30,33-34H,13-18,20H2,1H3,(H,35,39)(H,36,40)/t22-,30-/m1/s1.